The first-order valence-electron chi connectivity index (χ1n) is 12.5. The number of likely N-dealkylation sites (tertiary alicyclic amines) is 1. The molecule has 194 valence electrons. The Balaban J connectivity index is 2.08. The summed E-state index contributed by atoms with van der Waals surface area (Å²) in [6, 6.07) is 11.9. The topological polar surface area (TPSA) is 85.3 Å². The van der Waals surface area contributed by atoms with Crippen molar-refractivity contribution in [3.05, 3.63) is 64.7 Å². The van der Waals surface area contributed by atoms with E-state index in [2.05, 4.69) is 13.8 Å². The molecule has 36 heavy (non-hydrogen) atoms. The molecule has 1 aliphatic rings. The van der Waals surface area contributed by atoms with Gasteiger partial charge in [0.05, 0.1) is 24.8 Å². The first-order chi connectivity index (χ1) is 17.3. The predicted molar refractivity (Wildman–Crippen MR) is 139 cm³/mol. The fourth-order valence-electron chi connectivity index (χ4n) is 4.19. The second kappa shape index (κ2) is 12.6. The summed E-state index contributed by atoms with van der Waals surface area (Å²) < 4.78 is 17.0. The number of ketones is 1. The van der Waals surface area contributed by atoms with Crippen molar-refractivity contribution in [2.75, 3.05) is 33.5 Å². The van der Waals surface area contributed by atoms with Gasteiger partial charge in [-0.25, -0.2) is 0 Å². The molecule has 7 heteroatoms. The Bertz CT molecular complexity index is 1090. The maximum absolute atomic E-state index is 13.2. The maximum Gasteiger partial charge on any atom is 0.295 e. The molecule has 1 unspecified atom stereocenters. The van der Waals surface area contributed by atoms with Crippen LogP contribution in [0.5, 0.6) is 11.5 Å². The quantitative estimate of drug-likeness (QED) is 0.187. The first-order valence-corrected chi connectivity index (χ1v) is 12.5. The average molecular weight is 496 g/mol. The van der Waals surface area contributed by atoms with Crippen LogP contribution in [0.1, 0.15) is 56.3 Å². The summed E-state index contributed by atoms with van der Waals surface area (Å²) in [4.78, 5) is 27.8. The fraction of sp³-hybridized carbons (Fsp3) is 0.448. The van der Waals surface area contributed by atoms with E-state index < -0.39 is 17.7 Å². The number of aliphatic hydroxyl groups is 1. The minimum absolute atomic E-state index is 0.0668. The molecule has 7 nitrogen and oxygen atoms in total. The Morgan fingerprint density at radius 2 is 1.75 bits per heavy atom. The van der Waals surface area contributed by atoms with Crippen LogP contribution >= 0.6 is 0 Å². The molecule has 1 aliphatic heterocycles. The third-order valence-corrected chi connectivity index (χ3v) is 6.15. The highest BCUT2D eigenvalue weighted by molar-refractivity contribution is 6.46. The molecule has 0 bridgehead atoms. The number of carbonyl (C=O) groups excluding carboxylic acids is 2. The Labute approximate surface area is 213 Å². The lowest BCUT2D eigenvalue weighted by Gasteiger charge is -2.26. The van der Waals surface area contributed by atoms with Gasteiger partial charge < -0.3 is 24.2 Å². The molecule has 0 aromatic heterocycles. The van der Waals surface area contributed by atoms with Crippen LogP contribution in [0.4, 0.5) is 0 Å². The number of nitrogens with zero attached hydrogens (tertiary/aromatic N) is 1. The van der Waals surface area contributed by atoms with Crippen molar-refractivity contribution in [2.24, 2.45) is 5.92 Å². The number of hydrogen-bond donors (Lipinski definition) is 1. The molecule has 1 fully saturated rings. The first kappa shape index (κ1) is 27.3. The van der Waals surface area contributed by atoms with E-state index in [4.69, 9.17) is 14.2 Å². The van der Waals surface area contributed by atoms with Crippen LogP contribution in [0, 0.1) is 12.8 Å². The zero-order valence-electron chi connectivity index (χ0n) is 21.9. The predicted octanol–water partition coefficient (Wildman–Crippen LogP) is 5.28. The molecule has 1 saturated heterocycles. The van der Waals surface area contributed by atoms with Gasteiger partial charge >= 0.3 is 0 Å². The Hall–Kier alpha value is -3.32. The van der Waals surface area contributed by atoms with Gasteiger partial charge in [-0.2, -0.15) is 0 Å². The van der Waals surface area contributed by atoms with E-state index in [0.717, 1.165) is 12.0 Å². The molecule has 0 aliphatic carbocycles. The van der Waals surface area contributed by atoms with Crippen LogP contribution in [0.15, 0.2) is 48.0 Å². The lowest BCUT2D eigenvalue weighted by atomic mass is 9.94. The molecule has 1 amide bonds. The molecule has 2 aromatic rings. The van der Waals surface area contributed by atoms with Crippen molar-refractivity contribution in [3.8, 4) is 11.5 Å². The van der Waals surface area contributed by atoms with Crippen LogP contribution in [0.25, 0.3) is 5.76 Å². The largest absolute Gasteiger partial charge is 0.507 e. The number of carbonyl (C=O) groups is 2. The van der Waals surface area contributed by atoms with E-state index in [1.54, 1.807) is 25.3 Å². The van der Waals surface area contributed by atoms with Gasteiger partial charge in [-0.3, -0.25) is 9.59 Å². The summed E-state index contributed by atoms with van der Waals surface area (Å²) in [6.07, 6.45) is 1.46. The van der Waals surface area contributed by atoms with E-state index >= 15 is 0 Å². The molecular weight excluding hydrogens is 458 g/mol. The molecule has 0 radical (unpaired) electrons. The standard InChI is InChI=1S/C29H37NO6/c1-6-35-24-18-22(12-13-23(24)36-17-14-19(2)3)26-25(27(31)21-10-8-20(4)9-11-21)28(32)29(33)30(26)15-7-16-34-5/h8-13,18-19,26,31H,6-7,14-17H2,1-5H3. The fourth-order valence-corrected chi connectivity index (χ4v) is 4.19. The van der Waals surface area contributed by atoms with Crippen LogP contribution in [-0.2, 0) is 14.3 Å². The number of amides is 1. The normalized spacial score (nSPS) is 17.2. The van der Waals surface area contributed by atoms with E-state index in [1.807, 2.05) is 38.1 Å². The number of ether oxygens (including phenoxy) is 3. The number of methoxy groups -OCH3 is 1. The highest BCUT2D eigenvalue weighted by Gasteiger charge is 2.46. The van der Waals surface area contributed by atoms with Crippen LogP contribution in [-0.4, -0.2) is 55.2 Å². The van der Waals surface area contributed by atoms with Crippen molar-refractivity contribution >= 4 is 17.4 Å². The van der Waals surface area contributed by atoms with E-state index in [0.29, 0.717) is 61.3 Å². The third-order valence-electron chi connectivity index (χ3n) is 6.15. The molecule has 3 rings (SSSR count). The van der Waals surface area contributed by atoms with Crippen molar-refractivity contribution in [1.82, 2.24) is 4.90 Å². The molecule has 0 spiro atoms. The van der Waals surface area contributed by atoms with Gasteiger partial charge in [-0.05, 0) is 50.3 Å². The van der Waals surface area contributed by atoms with E-state index in [9.17, 15) is 14.7 Å². The van der Waals surface area contributed by atoms with Gasteiger partial charge in [-0.15, -0.1) is 0 Å². The van der Waals surface area contributed by atoms with Gasteiger partial charge in [0.1, 0.15) is 5.76 Å². The average Bonchev–Trinajstić information content (AvgIpc) is 3.10. The third kappa shape index (κ3) is 6.26. The SMILES string of the molecule is CCOc1cc(C2C(=C(O)c3ccc(C)cc3)C(=O)C(=O)N2CCCOC)ccc1OCCC(C)C. The Kier molecular flexibility index (Phi) is 9.53. The number of rotatable bonds is 12. The van der Waals surface area contributed by atoms with Crippen LogP contribution in [0.3, 0.4) is 0 Å². The molecule has 1 N–H and O–H groups in total. The van der Waals surface area contributed by atoms with Crippen LogP contribution < -0.4 is 9.47 Å². The zero-order valence-corrected chi connectivity index (χ0v) is 21.9. The summed E-state index contributed by atoms with van der Waals surface area (Å²) in [5, 5.41) is 11.2. The number of hydrogen-bond acceptors (Lipinski definition) is 6. The van der Waals surface area contributed by atoms with Crippen molar-refractivity contribution in [3.63, 3.8) is 0 Å². The van der Waals surface area contributed by atoms with Gasteiger partial charge in [0.15, 0.2) is 11.5 Å². The molecule has 2 aromatic carbocycles. The van der Waals surface area contributed by atoms with Crippen molar-refractivity contribution < 1.29 is 28.9 Å². The molecule has 1 atom stereocenters. The highest BCUT2D eigenvalue weighted by Crippen LogP contribution is 2.42. The summed E-state index contributed by atoms with van der Waals surface area (Å²) in [7, 11) is 1.59. The van der Waals surface area contributed by atoms with Gasteiger partial charge in [0.2, 0.25) is 0 Å². The van der Waals surface area contributed by atoms with Crippen molar-refractivity contribution in [2.45, 2.75) is 46.6 Å². The number of aryl methyl sites for hydroxylation is 1. The summed E-state index contributed by atoms with van der Waals surface area (Å²) in [5.74, 6) is 0.120. The van der Waals surface area contributed by atoms with Gasteiger partial charge in [0.25, 0.3) is 11.7 Å². The lowest BCUT2D eigenvalue weighted by molar-refractivity contribution is -0.140. The minimum Gasteiger partial charge on any atom is -0.507 e. The molecule has 0 saturated carbocycles. The van der Waals surface area contributed by atoms with Gasteiger partial charge in [0, 0.05) is 25.8 Å². The second-order valence-corrected chi connectivity index (χ2v) is 9.38. The maximum atomic E-state index is 13.2. The summed E-state index contributed by atoms with van der Waals surface area (Å²) >= 11 is 0. The van der Waals surface area contributed by atoms with Crippen molar-refractivity contribution in [1.29, 1.82) is 0 Å². The van der Waals surface area contributed by atoms with Crippen LogP contribution in [0.2, 0.25) is 0 Å². The monoisotopic (exact) mass is 495 g/mol. The number of benzene rings is 2. The molecular formula is C29H37NO6. The lowest BCUT2D eigenvalue weighted by Crippen LogP contribution is -2.31. The Morgan fingerprint density at radius 1 is 1.03 bits per heavy atom. The van der Waals surface area contributed by atoms with E-state index in [1.165, 1.54) is 4.90 Å². The second-order valence-electron chi connectivity index (χ2n) is 9.38. The number of aliphatic hydroxyl groups excluding tert-OH is 1. The van der Waals surface area contributed by atoms with E-state index in [-0.39, 0.29) is 11.3 Å². The highest BCUT2D eigenvalue weighted by atomic mass is 16.5. The Morgan fingerprint density at radius 3 is 2.39 bits per heavy atom. The smallest absolute Gasteiger partial charge is 0.295 e. The molecule has 1 heterocycles. The summed E-state index contributed by atoms with van der Waals surface area (Å²) in [6.45, 7) is 9.84. The van der Waals surface area contributed by atoms with Gasteiger partial charge in [-0.1, -0.05) is 49.7 Å². The summed E-state index contributed by atoms with van der Waals surface area (Å²) in [5.41, 5.74) is 2.24. The minimum atomic E-state index is -0.757. The number of Topliss-reactive ketones (excluding diaryl/α,β-unsaturated/α-hetero) is 1. The zero-order chi connectivity index (χ0) is 26.2.